The third kappa shape index (κ3) is 3.26. The van der Waals surface area contributed by atoms with Gasteiger partial charge in [-0.25, -0.2) is 9.97 Å². The molecule has 0 radical (unpaired) electrons. The van der Waals surface area contributed by atoms with Gasteiger partial charge in [0, 0.05) is 31.9 Å². The molecule has 1 saturated heterocycles. The molecule has 0 unspecified atom stereocenters. The normalized spacial score (nSPS) is 15.1. The standard InChI is InChI=1S/C18H22N6O2/c1-12(2)25-17-15-10-14(4-5-16(15)19-11-20-17)23-6-8-24(9-7-23)18-21-13(3)22-26-18/h4-5,10-12H,6-9H2,1-3H3. The summed E-state index contributed by atoms with van der Waals surface area (Å²) in [4.78, 5) is 17.4. The Balaban J connectivity index is 1.54. The van der Waals surface area contributed by atoms with Gasteiger partial charge in [0.25, 0.3) is 0 Å². The van der Waals surface area contributed by atoms with Crippen LogP contribution in [0, 0.1) is 6.92 Å². The second-order valence-corrected chi connectivity index (χ2v) is 6.65. The maximum absolute atomic E-state index is 5.84. The van der Waals surface area contributed by atoms with Crippen LogP contribution < -0.4 is 14.5 Å². The summed E-state index contributed by atoms with van der Waals surface area (Å²) in [6, 6.07) is 6.83. The number of aryl methyl sites for hydroxylation is 1. The van der Waals surface area contributed by atoms with Gasteiger partial charge in [0.05, 0.1) is 17.0 Å². The Labute approximate surface area is 151 Å². The first-order chi connectivity index (χ1) is 12.6. The quantitative estimate of drug-likeness (QED) is 0.707. The maximum Gasteiger partial charge on any atom is 0.324 e. The van der Waals surface area contributed by atoms with Crippen molar-refractivity contribution in [1.29, 1.82) is 0 Å². The van der Waals surface area contributed by atoms with Crippen molar-refractivity contribution in [2.45, 2.75) is 26.9 Å². The molecule has 0 spiro atoms. The number of ether oxygens (including phenoxy) is 1. The van der Waals surface area contributed by atoms with E-state index in [4.69, 9.17) is 9.26 Å². The summed E-state index contributed by atoms with van der Waals surface area (Å²) < 4.78 is 11.1. The van der Waals surface area contributed by atoms with Gasteiger partial charge in [-0.1, -0.05) is 5.16 Å². The fourth-order valence-corrected chi connectivity index (χ4v) is 3.11. The molecule has 3 heterocycles. The average molecular weight is 354 g/mol. The summed E-state index contributed by atoms with van der Waals surface area (Å²) in [5.41, 5.74) is 2.03. The fourth-order valence-electron chi connectivity index (χ4n) is 3.11. The van der Waals surface area contributed by atoms with E-state index in [1.807, 2.05) is 26.8 Å². The molecule has 26 heavy (non-hydrogen) atoms. The van der Waals surface area contributed by atoms with E-state index in [9.17, 15) is 0 Å². The molecular formula is C18H22N6O2. The maximum atomic E-state index is 5.84. The van der Waals surface area contributed by atoms with Crippen molar-refractivity contribution < 1.29 is 9.26 Å². The van der Waals surface area contributed by atoms with Gasteiger partial charge in [0.2, 0.25) is 5.88 Å². The fraction of sp³-hybridized carbons (Fsp3) is 0.444. The van der Waals surface area contributed by atoms with Crippen molar-refractivity contribution in [2.24, 2.45) is 0 Å². The van der Waals surface area contributed by atoms with Crippen LogP contribution in [0.5, 0.6) is 5.88 Å². The lowest BCUT2D eigenvalue weighted by Crippen LogP contribution is -2.46. The molecule has 8 heteroatoms. The zero-order valence-electron chi connectivity index (χ0n) is 15.2. The van der Waals surface area contributed by atoms with Crippen molar-refractivity contribution >= 4 is 22.6 Å². The molecule has 1 aliphatic rings. The van der Waals surface area contributed by atoms with Gasteiger partial charge < -0.3 is 19.1 Å². The van der Waals surface area contributed by atoms with E-state index in [0.29, 0.717) is 17.7 Å². The molecule has 1 aromatic carbocycles. The SMILES string of the molecule is Cc1noc(N2CCN(c3ccc4ncnc(OC(C)C)c4c3)CC2)n1. The Bertz CT molecular complexity index is 902. The smallest absolute Gasteiger partial charge is 0.324 e. The molecule has 0 saturated carbocycles. The summed E-state index contributed by atoms with van der Waals surface area (Å²) in [6.07, 6.45) is 1.61. The predicted molar refractivity (Wildman–Crippen MR) is 98.8 cm³/mol. The second kappa shape index (κ2) is 6.78. The number of hydrogen-bond acceptors (Lipinski definition) is 8. The first-order valence-corrected chi connectivity index (χ1v) is 8.82. The van der Waals surface area contributed by atoms with Crippen LogP contribution in [0.2, 0.25) is 0 Å². The highest BCUT2D eigenvalue weighted by atomic mass is 16.5. The second-order valence-electron chi connectivity index (χ2n) is 6.65. The highest BCUT2D eigenvalue weighted by Gasteiger charge is 2.21. The summed E-state index contributed by atoms with van der Waals surface area (Å²) in [7, 11) is 0. The molecule has 1 aliphatic heterocycles. The van der Waals surface area contributed by atoms with Crippen LogP contribution in [-0.4, -0.2) is 52.4 Å². The van der Waals surface area contributed by atoms with Crippen LogP contribution in [0.3, 0.4) is 0 Å². The molecule has 1 fully saturated rings. The third-order valence-electron chi connectivity index (χ3n) is 4.36. The molecule has 8 nitrogen and oxygen atoms in total. The van der Waals surface area contributed by atoms with Crippen LogP contribution in [0.25, 0.3) is 10.9 Å². The summed E-state index contributed by atoms with van der Waals surface area (Å²) in [5.74, 6) is 1.29. The monoisotopic (exact) mass is 354 g/mol. The van der Waals surface area contributed by atoms with E-state index in [1.165, 1.54) is 0 Å². The van der Waals surface area contributed by atoms with Crippen LogP contribution in [-0.2, 0) is 0 Å². The van der Waals surface area contributed by atoms with Gasteiger partial charge in [-0.15, -0.1) is 0 Å². The van der Waals surface area contributed by atoms with Gasteiger partial charge >= 0.3 is 6.01 Å². The summed E-state index contributed by atoms with van der Waals surface area (Å²) >= 11 is 0. The first kappa shape index (κ1) is 16.6. The Kier molecular flexibility index (Phi) is 4.32. The first-order valence-electron chi connectivity index (χ1n) is 8.82. The topological polar surface area (TPSA) is 80.4 Å². The van der Waals surface area contributed by atoms with Crippen molar-refractivity contribution in [3.8, 4) is 5.88 Å². The molecule has 0 atom stereocenters. The Morgan fingerprint density at radius 2 is 1.85 bits per heavy atom. The minimum Gasteiger partial charge on any atom is -0.474 e. The Morgan fingerprint density at radius 1 is 1.08 bits per heavy atom. The number of anilines is 2. The molecule has 4 rings (SSSR count). The molecule has 0 aliphatic carbocycles. The summed E-state index contributed by atoms with van der Waals surface area (Å²) in [6.45, 7) is 9.24. The average Bonchev–Trinajstić information content (AvgIpc) is 3.08. The third-order valence-corrected chi connectivity index (χ3v) is 4.36. The number of aromatic nitrogens is 4. The lowest BCUT2D eigenvalue weighted by atomic mass is 10.2. The van der Waals surface area contributed by atoms with E-state index in [2.05, 4.69) is 42.0 Å². The lowest BCUT2D eigenvalue weighted by molar-refractivity contribution is 0.235. The van der Waals surface area contributed by atoms with Crippen molar-refractivity contribution in [3.63, 3.8) is 0 Å². The number of hydrogen-bond donors (Lipinski definition) is 0. The predicted octanol–water partition coefficient (Wildman–Crippen LogP) is 2.44. The lowest BCUT2D eigenvalue weighted by Gasteiger charge is -2.35. The van der Waals surface area contributed by atoms with E-state index in [-0.39, 0.29) is 6.10 Å². The molecule has 0 N–H and O–H groups in total. The van der Waals surface area contributed by atoms with E-state index < -0.39 is 0 Å². The van der Waals surface area contributed by atoms with E-state index in [0.717, 1.165) is 42.8 Å². The van der Waals surface area contributed by atoms with Gasteiger partial charge in [-0.3, -0.25) is 0 Å². The zero-order chi connectivity index (χ0) is 18.1. The number of piperazine rings is 1. The van der Waals surface area contributed by atoms with Crippen molar-refractivity contribution in [1.82, 2.24) is 20.1 Å². The number of nitrogens with zero attached hydrogens (tertiary/aromatic N) is 6. The van der Waals surface area contributed by atoms with Crippen LogP contribution in [0.1, 0.15) is 19.7 Å². The molecule has 0 amide bonds. The number of fused-ring (bicyclic) bond motifs is 1. The van der Waals surface area contributed by atoms with Crippen molar-refractivity contribution in [2.75, 3.05) is 36.0 Å². The molecule has 136 valence electrons. The van der Waals surface area contributed by atoms with Crippen LogP contribution in [0.4, 0.5) is 11.7 Å². The van der Waals surface area contributed by atoms with E-state index in [1.54, 1.807) is 6.33 Å². The summed E-state index contributed by atoms with van der Waals surface area (Å²) in [5, 5.41) is 4.81. The Morgan fingerprint density at radius 3 is 2.54 bits per heavy atom. The minimum absolute atomic E-state index is 0.0677. The van der Waals surface area contributed by atoms with E-state index >= 15 is 0 Å². The van der Waals surface area contributed by atoms with Crippen LogP contribution in [0.15, 0.2) is 29.0 Å². The molecule has 2 aromatic heterocycles. The van der Waals surface area contributed by atoms with Gasteiger partial charge in [-0.05, 0) is 39.0 Å². The van der Waals surface area contributed by atoms with Gasteiger partial charge in [0.1, 0.15) is 6.33 Å². The van der Waals surface area contributed by atoms with Crippen LogP contribution >= 0.6 is 0 Å². The minimum atomic E-state index is 0.0677. The van der Waals surface area contributed by atoms with Gasteiger partial charge in [-0.2, -0.15) is 4.98 Å². The number of benzene rings is 1. The Hall–Kier alpha value is -2.90. The molecular weight excluding hydrogens is 332 g/mol. The molecule has 3 aromatic rings. The van der Waals surface area contributed by atoms with Crippen molar-refractivity contribution in [3.05, 3.63) is 30.4 Å². The number of rotatable bonds is 4. The highest BCUT2D eigenvalue weighted by Crippen LogP contribution is 2.28. The largest absolute Gasteiger partial charge is 0.474 e. The molecule has 0 bridgehead atoms. The zero-order valence-corrected chi connectivity index (χ0v) is 15.2. The highest BCUT2D eigenvalue weighted by molar-refractivity contribution is 5.86. The van der Waals surface area contributed by atoms with Gasteiger partial charge in [0.15, 0.2) is 5.82 Å².